The second-order valence-corrected chi connectivity index (χ2v) is 9.66. The summed E-state index contributed by atoms with van der Waals surface area (Å²) in [5, 5.41) is 3.21. The van der Waals surface area contributed by atoms with Crippen molar-refractivity contribution in [3.63, 3.8) is 0 Å². The molecule has 0 spiro atoms. The minimum absolute atomic E-state index is 0.0486. The van der Waals surface area contributed by atoms with E-state index in [2.05, 4.69) is 43.9 Å². The van der Waals surface area contributed by atoms with Gasteiger partial charge in [-0.15, -0.1) is 0 Å². The van der Waals surface area contributed by atoms with Gasteiger partial charge in [0.1, 0.15) is 23.3 Å². The molecule has 2 aromatic rings. The fourth-order valence-electron chi connectivity index (χ4n) is 4.63. The van der Waals surface area contributed by atoms with Gasteiger partial charge in [0, 0.05) is 55.5 Å². The summed E-state index contributed by atoms with van der Waals surface area (Å²) >= 11 is 0. The van der Waals surface area contributed by atoms with Crippen molar-refractivity contribution in [2.75, 3.05) is 42.9 Å². The smallest absolute Gasteiger partial charge is 0.326 e. The molecule has 0 amide bonds. The standard InChI is InChI=1S/C26H30F2N6O/c1-15(2)33-5-7-34(8-6-33)24-13-23(30-22-11-17(4)14-29-22)31-26(32-24)35-21-12-20(27)18-9-16(3)10-19(18)25(21)28/h10-13,15H,5-9,14H2,1-4H3,(H,29,30,31,32). The van der Waals surface area contributed by atoms with Gasteiger partial charge in [0.25, 0.3) is 0 Å². The number of hydrogen-bond acceptors (Lipinski definition) is 7. The molecular weight excluding hydrogens is 450 g/mol. The van der Waals surface area contributed by atoms with Gasteiger partial charge in [-0.05, 0) is 45.8 Å². The number of aromatic nitrogens is 2. The van der Waals surface area contributed by atoms with Crippen LogP contribution in [0.2, 0.25) is 0 Å². The van der Waals surface area contributed by atoms with E-state index in [-0.39, 0.29) is 17.3 Å². The van der Waals surface area contributed by atoms with Crippen LogP contribution in [-0.2, 0) is 6.42 Å². The molecule has 35 heavy (non-hydrogen) atoms. The normalized spacial score (nSPS) is 17.9. The highest BCUT2D eigenvalue weighted by atomic mass is 19.1. The molecule has 0 bridgehead atoms. The van der Waals surface area contributed by atoms with Crippen LogP contribution in [0.5, 0.6) is 11.8 Å². The van der Waals surface area contributed by atoms with Crippen LogP contribution in [0, 0.1) is 11.6 Å². The second kappa shape index (κ2) is 9.37. The fourth-order valence-corrected chi connectivity index (χ4v) is 4.63. The number of benzene rings is 1. The van der Waals surface area contributed by atoms with E-state index in [0.29, 0.717) is 42.0 Å². The first-order valence-electron chi connectivity index (χ1n) is 12.0. The predicted octanol–water partition coefficient (Wildman–Crippen LogP) is 4.81. The molecular formula is C26H30F2N6O. The van der Waals surface area contributed by atoms with Crippen LogP contribution in [0.3, 0.4) is 0 Å². The van der Waals surface area contributed by atoms with Crippen LogP contribution < -0.4 is 15.0 Å². The van der Waals surface area contributed by atoms with Crippen LogP contribution >= 0.6 is 0 Å². The lowest BCUT2D eigenvalue weighted by atomic mass is 10.1. The molecule has 1 aromatic heterocycles. The molecule has 1 N–H and O–H groups in total. The number of halogens is 2. The van der Waals surface area contributed by atoms with Gasteiger partial charge in [0.2, 0.25) is 0 Å². The number of hydrogen-bond donors (Lipinski definition) is 1. The molecule has 1 aromatic carbocycles. The van der Waals surface area contributed by atoms with Crippen LogP contribution in [0.1, 0.15) is 38.8 Å². The first-order chi connectivity index (χ1) is 16.8. The minimum Gasteiger partial charge on any atom is -0.421 e. The molecule has 9 heteroatoms. The highest BCUT2D eigenvalue weighted by Crippen LogP contribution is 2.36. The zero-order chi connectivity index (χ0) is 24.7. The fraction of sp³-hybridized carbons (Fsp3) is 0.423. The number of piperazine rings is 1. The maximum atomic E-state index is 15.2. The van der Waals surface area contributed by atoms with Crippen LogP contribution in [0.25, 0.3) is 6.08 Å². The van der Waals surface area contributed by atoms with Gasteiger partial charge in [-0.3, -0.25) is 9.89 Å². The Labute approximate surface area is 204 Å². The number of ether oxygens (including phenoxy) is 1. The zero-order valence-corrected chi connectivity index (χ0v) is 20.5. The lowest BCUT2D eigenvalue weighted by Gasteiger charge is -2.37. The summed E-state index contributed by atoms with van der Waals surface area (Å²) in [5.74, 6) is 0.513. The van der Waals surface area contributed by atoms with Crippen molar-refractivity contribution in [3.8, 4) is 11.8 Å². The minimum atomic E-state index is -0.606. The topological polar surface area (TPSA) is 65.9 Å². The molecule has 0 saturated carbocycles. The van der Waals surface area contributed by atoms with Crippen LogP contribution in [0.15, 0.2) is 34.3 Å². The number of rotatable bonds is 5. The monoisotopic (exact) mass is 480 g/mol. The number of amidine groups is 1. The molecule has 1 saturated heterocycles. The molecule has 7 nitrogen and oxygen atoms in total. The maximum Gasteiger partial charge on any atom is 0.326 e. The Morgan fingerprint density at radius 2 is 1.77 bits per heavy atom. The van der Waals surface area contributed by atoms with E-state index in [1.807, 2.05) is 26.0 Å². The predicted molar refractivity (Wildman–Crippen MR) is 134 cm³/mol. The van der Waals surface area contributed by atoms with Crippen molar-refractivity contribution in [1.82, 2.24) is 14.9 Å². The average Bonchev–Trinajstić information content (AvgIpc) is 3.42. The Morgan fingerprint density at radius 3 is 2.46 bits per heavy atom. The number of fused-ring (bicyclic) bond motifs is 1. The number of nitrogens with one attached hydrogen (secondary N) is 1. The van der Waals surface area contributed by atoms with Gasteiger partial charge in [-0.1, -0.05) is 11.6 Å². The highest BCUT2D eigenvalue weighted by Gasteiger charge is 2.25. The van der Waals surface area contributed by atoms with Gasteiger partial charge in [-0.2, -0.15) is 9.97 Å². The second-order valence-electron chi connectivity index (χ2n) is 9.66. The number of anilines is 2. The van der Waals surface area contributed by atoms with Crippen molar-refractivity contribution >= 4 is 23.5 Å². The van der Waals surface area contributed by atoms with Crippen molar-refractivity contribution in [3.05, 3.63) is 52.1 Å². The summed E-state index contributed by atoms with van der Waals surface area (Å²) < 4.78 is 35.7. The van der Waals surface area contributed by atoms with E-state index < -0.39 is 11.6 Å². The third kappa shape index (κ3) is 4.91. The van der Waals surface area contributed by atoms with E-state index in [1.165, 1.54) is 0 Å². The van der Waals surface area contributed by atoms with Crippen molar-refractivity contribution in [2.45, 2.75) is 40.2 Å². The molecule has 0 unspecified atom stereocenters. The third-order valence-corrected chi connectivity index (χ3v) is 6.57. The highest BCUT2D eigenvalue weighted by molar-refractivity contribution is 6.05. The molecule has 1 aliphatic carbocycles. The summed E-state index contributed by atoms with van der Waals surface area (Å²) in [6, 6.07) is 3.35. The summed E-state index contributed by atoms with van der Waals surface area (Å²) in [6.07, 6.45) is 4.01. The summed E-state index contributed by atoms with van der Waals surface area (Å²) in [5.41, 5.74) is 2.63. The molecule has 3 heterocycles. The van der Waals surface area contributed by atoms with E-state index in [1.54, 1.807) is 6.08 Å². The molecule has 3 aliphatic rings. The number of nitrogens with zero attached hydrogens (tertiary/aromatic N) is 5. The lowest BCUT2D eigenvalue weighted by Crippen LogP contribution is -2.49. The number of allylic oxidation sites excluding steroid dienone is 1. The first-order valence-corrected chi connectivity index (χ1v) is 12.0. The van der Waals surface area contributed by atoms with Gasteiger partial charge >= 0.3 is 6.01 Å². The van der Waals surface area contributed by atoms with E-state index >= 15 is 4.39 Å². The molecule has 2 aliphatic heterocycles. The third-order valence-electron chi connectivity index (χ3n) is 6.57. The Hall–Kier alpha value is -3.33. The molecule has 1 fully saturated rings. The summed E-state index contributed by atoms with van der Waals surface area (Å²) in [6.45, 7) is 12.3. The van der Waals surface area contributed by atoms with Crippen molar-refractivity contribution in [2.24, 2.45) is 4.99 Å². The summed E-state index contributed by atoms with van der Waals surface area (Å²) in [4.78, 5) is 18.0. The number of aliphatic imine (C=N–C) groups is 1. The van der Waals surface area contributed by atoms with Crippen molar-refractivity contribution in [1.29, 1.82) is 0 Å². The Bertz CT molecular complexity index is 1240. The van der Waals surface area contributed by atoms with Gasteiger partial charge < -0.3 is 15.0 Å². The maximum absolute atomic E-state index is 15.2. The van der Waals surface area contributed by atoms with E-state index in [4.69, 9.17) is 4.74 Å². The largest absolute Gasteiger partial charge is 0.421 e. The molecule has 0 atom stereocenters. The van der Waals surface area contributed by atoms with Gasteiger partial charge in [-0.25, -0.2) is 8.78 Å². The Kier molecular flexibility index (Phi) is 6.27. The zero-order valence-electron chi connectivity index (χ0n) is 20.5. The Balaban J connectivity index is 1.46. The summed E-state index contributed by atoms with van der Waals surface area (Å²) in [7, 11) is 0. The molecule has 5 rings (SSSR count). The van der Waals surface area contributed by atoms with Crippen LogP contribution in [0.4, 0.5) is 20.4 Å². The SMILES string of the molecule is CC1=CC(Nc2cc(N3CCN(C(C)C)CC3)nc(Oc3cc(F)c4c(c3F)C=C(C)C4)n2)=NC1. The molecule has 184 valence electrons. The van der Waals surface area contributed by atoms with E-state index in [9.17, 15) is 4.39 Å². The average molecular weight is 481 g/mol. The first kappa shape index (κ1) is 23.4. The van der Waals surface area contributed by atoms with Crippen molar-refractivity contribution < 1.29 is 13.5 Å². The lowest BCUT2D eigenvalue weighted by molar-refractivity contribution is 0.209. The van der Waals surface area contributed by atoms with Gasteiger partial charge in [0.15, 0.2) is 11.6 Å². The molecule has 0 radical (unpaired) electrons. The van der Waals surface area contributed by atoms with Gasteiger partial charge in [0.05, 0.1) is 6.54 Å². The van der Waals surface area contributed by atoms with Crippen LogP contribution in [-0.4, -0.2) is 59.5 Å². The quantitative estimate of drug-likeness (QED) is 0.663. The van der Waals surface area contributed by atoms with E-state index in [0.717, 1.165) is 43.4 Å². The Morgan fingerprint density at radius 1 is 1.00 bits per heavy atom.